The van der Waals surface area contributed by atoms with Crippen molar-refractivity contribution in [2.24, 2.45) is 0 Å². The Labute approximate surface area is 144 Å². The van der Waals surface area contributed by atoms with Crippen molar-refractivity contribution in [2.45, 2.75) is 16.5 Å². The summed E-state index contributed by atoms with van der Waals surface area (Å²) in [5.74, 6) is -2.45. The number of halogens is 3. The van der Waals surface area contributed by atoms with Crippen molar-refractivity contribution in [1.29, 1.82) is 0 Å². The van der Waals surface area contributed by atoms with Gasteiger partial charge in [0.25, 0.3) is 0 Å². The van der Waals surface area contributed by atoms with Crippen molar-refractivity contribution < 1.29 is 23.1 Å². The summed E-state index contributed by atoms with van der Waals surface area (Å²) in [6.45, 7) is 0. The molecule has 1 heterocycles. The number of benzene rings is 2. The average molecular weight is 364 g/mol. The van der Waals surface area contributed by atoms with Crippen molar-refractivity contribution in [3.05, 3.63) is 66.0 Å². The monoisotopic (exact) mass is 364 g/mol. The number of aromatic nitrogens is 2. The Morgan fingerprint density at radius 3 is 2.28 bits per heavy atom. The summed E-state index contributed by atoms with van der Waals surface area (Å²) in [6, 6.07) is 14.5. The van der Waals surface area contributed by atoms with Crippen LogP contribution in [0.2, 0.25) is 0 Å². The van der Waals surface area contributed by atoms with Gasteiger partial charge in [-0.25, -0.2) is 9.97 Å². The number of alkyl halides is 3. The number of carbonyl (C=O) groups is 1. The van der Waals surface area contributed by atoms with Crippen LogP contribution in [0.3, 0.4) is 0 Å². The standard InChI is InChI=1S/C17H11F3N2O2S/c18-17(19,20)16-21-12-9-5-4-8-11(12)14(22-16)25-13(15(23)24)10-6-2-1-3-7-10/h1-9,13H,(H,23,24). The minimum Gasteiger partial charge on any atom is -0.480 e. The molecule has 0 spiro atoms. The zero-order valence-corrected chi connectivity index (χ0v) is 13.4. The van der Waals surface area contributed by atoms with Crippen LogP contribution in [0.1, 0.15) is 16.6 Å². The zero-order chi connectivity index (χ0) is 18.0. The van der Waals surface area contributed by atoms with E-state index in [1.165, 1.54) is 6.07 Å². The van der Waals surface area contributed by atoms with Crippen molar-refractivity contribution in [1.82, 2.24) is 9.97 Å². The van der Waals surface area contributed by atoms with Crippen LogP contribution in [0.4, 0.5) is 13.2 Å². The Hall–Kier alpha value is -2.61. The molecule has 1 N–H and O–H groups in total. The number of carboxylic acid groups (broad SMARTS) is 1. The Morgan fingerprint density at radius 2 is 1.64 bits per heavy atom. The van der Waals surface area contributed by atoms with Gasteiger partial charge in [-0.15, -0.1) is 0 Å². The molecule has 0 aliphatic carbocycles. The fourth-order valence-corrected chi connectivity index (χ4v) is 3.32. The normalized spacial score (nSPS) is 12.9. The minimum absolute atomic E-state index is 0.0193. The zero-order valence-electron chi connectivity index (χ0n) is 12.6. The first kappa shape index (κ1) is 17.2. The Kier molecular flexibility index (Phi) is 4.63. The fourth-order valence-electron chi connectivity index (χ4n) is 2.26. The maximum absolute atomic E-state index is 13.1. The lowest BCUT2D eigenvalue weighted by Crippen LogP contribution is -2.13. The van der Waals surface area contributed by atoms with Gasteiger partial charge in [0.15, 0.2) is 0 Å². The van der Waals surface area contributed by atoms with Crippen molar-refractivity contribution >= 4 is 28.6 Å². The van der Waals surface area contributed by atoms with E-state index >= 15 is 0 Å². The van der Waals surface area contributed by atoms with E-state index < -0.39 is 23.2 Å². The fraction of sp³-hybridized carbons (Fsp3) is 0.118. The van der Waals surface area contributed by atoms with Gasteiger partial charge >= 0.3 is 12.1 Å². The predicted molar refractivity (Wildman–Crippen MR) is 87.2 cm³/mol. The van der Waals surface area contributed by atoms with Gasteiger partial charge < -0.3 is 5.11 Å². The van der Waals surface area contributed by atoms with Crippen LogP contribution in [-0.4, -0.2) is 21.0 Å². The van der Waals surface area contributed by atoms with Crippen LogP contribution in [-0.2, 0) is 11.0 Å². The number of hydrogen-bond donors (Lipinski definition) is 1. The van der Waals surface area contributed by atoms with E-state index in [2.05, 4.69) is 9.97 Å². The molecule has 0 bridgehead atoms. The molecule has 4 nitrogen and oxygen atoms in total. The molecule has 128 valence electrons. The Bertz CT molecular complexity index is 917. The van der Waals surface area contributed by atoms with Crippen molar-refractivity contribution in [3.8, 4) is 0 Å². The predicted octanol–water partition coefficient (Wildman–Crippen LogP) is 4.57. The van der Waals surface area contributed by atoms with Gasteiger partial charge in [-0.05, 0) is 11.6 Å². The van der Waals surface area contributed by atoms with E-state index in [1.807, 2.05) is 0 Å². The molecule has 3 rings (SSSR count). The summed E-state index contributed by atoms with van der Waals surface area (Å²) < 4.78 is 39.2. The molecule has 25 heavy (non-hydrogen) atoms. The summed E-state index contributed by atoms with van der Waals surface area (Å²) in [7, 11) is 0. The number of hydrogen-bond acceptors (Lipinski definition) is 4. The second-order valence-corrected chi connectivity index (χ2v) is 6.21. The molecule has 3 aromatic rings. The van der Waals surface area contributed by atoms with Crippen LogP contribution in [0.5, 0.6) is 0 Å². The van der Waals surface area contributed by atoms with E-state index in [9.17, 15) is 23.1 Å². The number of para-hydroxylation sites is 1. The number of rotatable bonds is 4. The smallest absolute Gasteiger partial charge is 0.451 e. The molecule has 8 heteroatoms. The Balaban J connectivity index is 2.12. The molecule has 1 atom stereocenters. The van der Waals surface area contributed by atoms with Crippen molar-refractivity contribution in [3.63, 3.8) is 0 Å². The molecular weight excluding hydrogens is 353 g/mol. The maximum atomic E-state index is 13.1. The molecule has 0 saturated heterocycles. The van der Waals surface area contributed by atoms with Crippen LogP contribution in [0, 0.1) is 0 Å². The van der Waals surface area contributed by atoms with Crippen LogP contribution in [0.15, 0.2) is 59.6 Å². The van der Waals surface area contributed by atoms with Crippen LogP contribution < -0.4 is 0 Å². The number of thioether (sulfide) groups is 1. The molecule has 0 aliphatic rings. The first-order valence-electron chi connectivity index (χ1n) is 7.14. The van der Waals surface area contributed by atoms with Gasteiger partial charge in [0, 0.05) is 5.39 Å². The molecule has 2 aromatic carbocycles. The molecule has 1 aromatic heterocycles. The second kappa shape index (κ2) is 6.72. The van der Waals surface area contributed by atoms with Gasteiger partial charge in [0.2, 0.25) is 5.82 Å². The quantitative estimate of drug-likeness (QED) is 0.543. The molecule has 0 fully saturated rings. The van der Waals surface area contributed by atoms with Gasteiger partial charge in [0.05, 0.1) is 5.52 Å². The third-order valence-corrected chi connectivity index (χ3v) is 4.62. The van der Waals surface area contributed by atoms with E-state index in [1.54, 1.807) is 48.5 Å². The Morgan fingerprint density at radius 1 is 1.00 bits per heavy atom. The first-order chi connectivity index (χ1) is 11.9. The highest BCUT2D eigenvalue weighted by molar-refractivity contribution is 8.00. The van der Waals surface area contributed by atoms with Crippen LogP contribution >= 0.6 is 11.8 Å². The van der Waals surface area contributed by atoms with Gasteiger partial charge in [-0.2, -0.15) is 13.2 Å². The number of aliphatic carboxylic acids is 1. The van der Waals surface area contributed by atoms with Crippen LogP contribution in [0.25, 0.3) is 10.9 Å². The second-order valence-electron chi connectivity index (χ2n) is 5.11. The van der Waals surface area contributed by atoms with E-state index in [0.717, 1.165) is 11.8 Å². The topological polar surface area (TPSA) is 63.1 Å². The molecule has 0 saturated carbocycles. The molecule has 0 aliphatic heterocycles. The van der Waals surface area contributed by atoms with Gasteiger partial charge in [-0.1, -0.05) is 60.3 Å². The minimum atomic E-state index is -4.72. The lowest BCUT2D eigenvalue weighted by Gasteiger charge is -2.15. The molecular formula is C17H11F3N2O2S. The highest BCUT2D eigenvalue weighted by Gasteiger charge is 2.36. The molecule has 0 amide bonds. The lowest BCUT2D eigenvalue weighted by atomic mass is 10.1. The highest BCUT2D eigenvalue weighted by Crippen LogP contribution is 2.39. The summed E-state index contributed by atoms with van der Waals surface area (Å²) in [5.41, 5.74) is 0.584. The van der Waals surface area contributed by atoms with Gasteiger partial charge in [0.1, 0.15) is 10.3 Å². The number of carboxylic acids is 1. The lowest BCUT2D eigenvalue weighted by molar-refractivity contribution is -0.145. The summed E-state index contributed by atoms with van der Waals surface area (Å²) in [6.07, 6.45) is -4.72. The van der Waals surface area contributed by atoms with E-state index in [-0.39, 0.29) is 10.5 Å². The van der Waals surface area contributed by atoms with Crippen molar-refractivity contribution in [2.75, 3.05) is 0 Å². The first-order valence-corrected chi connectivity index (χ1v) is 8.02. The molecule has 1 unspecified atom stereocenters. The van der Waals surface area contributed by atoms with Gasteiger partial charge in [-0.3, -0.25) is 4.79 Å². The molecule has 0 radical (unpaired) electrons. The SMILES string of the molecule is O=C(O)C(Sc1nc(C(F)(F)F)nc2ccccc12)c1ccccc1. The number of fused-ring (bicyclic) bond motifs is 1. The van der Waals surface area contributed by atoms with E-state index in [4.69, 9.17) is 0 Å². The third kappa shape index (κ3) is 3.74. The summed E-state index contributed by atoms with van der Waals surface area (Å²) >= 11 is 0.759. The summed E-state index contributed by atoms with van der Waals surface area (Å²) in [4.78, 5) is 18.8. The van der Waals surface area contributed by atoms with E-state index in [0.29, 0.717) is 10.9 Å². The number of nitrogens with zero attached hydrogens (tertiary/aromatic N) is 2. The largest absolute Gasteiger partial charge is 0.480 e. The highest BCUT2D eigenvalue weighted by atomic mass is 32.2. The maximum Gasteiger partial charge on any atom is 0.451 e. The average Bonchev–Trinajstić information content (AvgIpc) is 2.59. The summed E-state index contributed by atoms with van der Waals surface area (Å²) in [5, 5.41) is 8.78. The third-order valence-electron chi connectivity index (χ3n) is 3.38.